The average molecular weight is 232 g/mol. The van der Waals surface area contributed by atoms with E-state index in [-0.39, 0.29) is 17.2 Å². The van der Waals surface area contributed by atoms with Crippen molar-refractivity contribution in [2.24, 2.45) is 5.73 Å². The van der Waals surface area contributed by atoms with Crippen molar-refractivity contribution in [3.63, 3.8) is 0 Å². The van der Waals surface area contributed by atoms with Crippen molar-refractivity contribution >= 4 is 11.9 Å². The summed E-state index contributed by atoms with van der Waals surface area (Å²) in [4.78, 5) is 18.3. The number of nitrogens with zero attached hydrogens (tertiary/aromatic N) is 2. The SMILES string of the molecule is NC(=O)c1c(F)nc(N)nc1-c1ccccc1. The molecule has 0 unspecified atom stereocenters. The molecule has 0 aliphatic rings. The molecule has 0 radical (unpaired) electrons. The highest BCUT2D eigenvalue weighted by molar-refractivity contribution is 5.98. The van der Waals surface area contributed by atoms with Gasteiger partial charge in [-0.2, -0.15) is 9.37 Å². The number of carbonyl (C=O) groups excluding carboxylic acids is 1. The first-order valence-corrected chi connectivity index (χ1v) is 4.78. The number of halogens is 1. The standard InChI is InChI=1S/C11H9FN4O/c12-9-7(10(13)17)8(15-11(14)16-9)6-4-2-1-3-5-6/h1-5H,(H2,13,17)(H2,14,15,16). The molecule has 5 nitrogen and oxygen atoms in total. The molecule has 0 saturated heterocycles. The van der Waals surface area contributed by atoms with E-state index in [1.54, 1.807) is 30.3 Å². The Hall–Kier alpha value is -2.50. The van der Waals surface area contributed by atoms with E-state index in [1.165, 1.54) is 0 Å². The first-order chi connectivity index (χ1) is 8.09. The van der Waals surface area contributed by atoms with Crippen molar-refractivity contribution in [1.82, 2.24) is 9.97 Å². The lowest BCUT2D eigenvalue weighted by Gasteiger charge is -2.07. The van der Waals surface area contributed by atoms with Gasteiger partial charge in [-0.3, -0.25) is 4.79 Å². The number of hydrogen-bond acceptors (Lipinski definition) is 4. The van der Waals surface area contributed by atoms with Gasteiger partial charge in [0.2, 0.25) is 11.9 Å². The normalized spacial score (nSPS) is 10.2. The Morgan fingerprint density at radius 1 is 1.18 bits per heavy atom. The lowest BCUT2D eigenvalue weighted by molar-refractivity contribution is 0.0996. The maximum absolute atomic E-state index is 13.5. The number of aromatic nitrogens is 2. The summed E-state index contributed by atoms with van der Waals surface area (Å²) in [5.74, 6) is -2.18. The van der Waals surface area contributed by atoms with E-state index in [0.29, 0.717) is 5.56 Å². The van der Waals surface area contributed by atoms with Crippen LogP contribution < -0.4 is 11.5 Å². The number of benzene rings is 1. The van der Waals surface area contributed by atoms with Crippen LogP contribution in [0, 0.1) is 5.95 Å². The van der Waals surface area contributed by atoms with Crippen LogP contribution in [0.2, 0.25) is 0 Å². The molecule has 17 heavy (non-hydrogen) atoms. The van der Waals surface area contributed by atoms with Gasteiger partial charge < -0.3 is 11.5 Å². The van der Waals surface area contributed by atoms with Gasteiger partial charge in [-0.05, 0) is 0 Å². The predicted octanol–water partition coefficient (Wildman–Crippen LogP) is 0.964. The Kier molecular flexibility index (Phi) is 2.70. The number of carbonyl (C=O) groups is 1. The molecule has 2 aromatic rings. The Morgan fingerprint density at radius 2 is 1.82 bits per heavy atom. The van der Waals surface area contributed by atoms with Crippen LogP contribution in [0.15, 0.2) is 30.3 Å². The maximum Gasteiger partial charge on any atom is 0.255 e. The fraction of sp³-hybridized carbons (Fsp3) is 0. The minimum atomic E-state index is -1.01. The summed E-state index contributed by atoms with van der Waals surface area (Å²) in [6.45, 7) is 0. The summed E-state index contributed by atoms with van der Waals surface area (Å²) in [6, 6.07) is 8.60. The Bertz CT molecular complexity index is 571. The average Bonchev–Trinajstić information content (AvgIpc) is 2.28. The van der Waals surface area contributed by atoms with E-state index < -0.39 is 11.9 Å². The van der Waals surface area contributed by atoms with Crippen LogP contribution >= 0.6 is 0 Å². The second-order valence-corrected chi connectivity index (χ2v) is 3.33. The molecule has 4 N–H and O–H groups in total. The largest absolute Gasteiger partial charge is 0.368 e. The number of nitrogens with two attached hydrogens (primary N) is 2. The van der Waals surface area contributed by atoms with Gasteiger partial charge >= 0.3 is 0 Å². The maximum atomic E-state index is 13.5. The Balaban J connectivity index is 2.72. The van der Waals surface area contributed by atoms with Crippen LogP contribution in [0.1, 0.15) is 10.4 Å². The van der Waals surface area contributed by atoms with Gasteiger partial charge in [-0.1, -0.05) is 30.3 Å². The van der Waals surface area contributed by atoms with Crippen molar-refractivity contribution < 1.29 is 9.18 Å². The van der Waals surface area contributed by atoms with Gasteiger partial charge in [0.05, 0.1) is 5.69 Å². The molecule has 6 heteroatoms. The van der Waals surface area contributed by atoms with E-state index in [1.807, 2.05) is 0 Å². The van der Waals surface area contributed by atoms with Crippen LogP contribution in [0.3, 0.4) is 0 Å². The quantitative estimate of drug-likeness (QED) is 0.754. The predicted molar refractivity (Wildman–Crippen MR) is 60.4 cm³/mol. The first kappa shape index (κ1) is 11.0. The van der Waals surface area contributed by atoms with Crippen molar-refractivity contribution in [3.05, 3.63) is 41.8 Å². The van der Waals surface area contributed by atoms with Crippen LogP contribution in [-0.4, -0.2) is 15.9 Å². The zero-order chi connectivity index (χ0) is 12.4. The van der Waals surface area contributed by atoms with Crippen LogP contribution in [-0.2, 0) is 0 Å². The third kappa shape index (κ3) is 2.05. The molecule has 0 bridgehead atoms. The molecular formula is C11H9FN4O. The van der Waals surface area contributed by atoms with Crippen molar-refractivity contribution in [2.75, 3.05) is 5.73 Å². The lowest BCUT2D eigenvalue weighted by atomic mass is 10.1. The van der Waals surface area contributed by atoms with Crippen LogP contribution in [0.4, 0.5) is 10.3 Å². The highest BCUT2D eigenvalue weighted by Gasteiger charge is 2.19. The summed E-state index contributed by atoms with van der Waals surface area (Å²) in [5.41, 5.74) is 10.7. The molecular weight excluding hydrogens is 223 g/mol. The first-order valence-electron chi connectivity index (χ1n) is 4.78. The highest BCUT2D eigenvalue weighted by Crippen LogP contribution is 2.23. The number of nitrogen functional groups attached to an aromatic ring is 1. The summed E-state index contributed by atoms with van der Waals surface area (Å²) in [7, 11) is 0. The molecule has 86 valence electrons. The van der Waals surface area contributed by atoms with Gasteiger partial charge in [0.25, 0.3) is 5.91 Å². The molecule has 0 atom stereocenters. The van der Waals surface area contributed by atoms with Gasteiger partial charge in [-0.25, -0.2) is 4.98 Å². The topological polar surface area (TPSA) is 94.9 Å². The van der Waals surface area contributed by atoms with Crippen molar-refractivity contribution in [2.45, 2.75) is 0 Å². The van der Waals surface area contributed by atoms with E-state index in [2.05, 4.69) is 9.97 Å². The summed E-state index contributed by atoms with van der Waals surface area (Å²) >= 11 is 0. The minimum absolute atomic E-state index is 0.100. The van der Waals surface area contributed by atoms with E-state index >= 15 is 0 Å². The molecule has 0 fully saturated rings. The summed E-state index contributed by atoms with van der Waals surface area (Å²) < 4.78 is 13.5. The van der Waals surface area contributed by atoms with Crippen LogP contribution in [0.5, 0.6) is 0 Å². The second kappa shape index (κ2) is 4.17. The fourth-order valence-corrected chi connectivity index (χ4v) is 1.47. The Labute approximate surface area is 96.3 Å². The lowest BCUT2D eigenvalue weighted by Crippen LogP contribution is -2.17. The molecule has 1 amide bonds. The van der Waals surface area contributed by atoms with Crippen LogP contribution in [0.25, 0.3) is 11.3 Å². The molecule has 2 rings (SSSR count). The minimum Gasteiger partial charge on any atom is -0.368 e. The smallest absolute Gasteiger partial charge is 0.255 e. The van der Waals surface area contributed by atoms with Gasteiger partial charge in [-0.15, -0.1) is 0 Å². The molecule has 0 aliphatic heterocycles. The zero-order valence-corrected chi connectivity index (χ0v) is 8.72. The number of anilines is 1. The van der Waals surface area contributed by atoms with Gasteiger partial charge in [0.15, 0.2) is 0 Å². The second-order valence-electron chi connectivity index (χ2n) is 3.33. The molecule has 0 spiro atoms. The number of hydrogen-bond donors (Lipinski definition) is 2. The summed E-state index contributed by atoms with van der Waals surface area (Å²) in [5, 5.41) is 0. The molecule has 1 heterocycles. The third-order valence-corrected chi connectivity index (χ3v) is 2.18. The fourth-order valence-electron chi connectivity index (χ4n) is 1.47. The van der Waals surface area contributed by atoms with E-state index in [4.69, 9.17) is 11.5 Å². The monoisotopic (exact) mass is 232 g/mol. The van der Waals surface area contributed by atoms with Crippen molar-refractivity contribution in [3.8, 4) is 11.3 Å². The molecule has 1 aromatic heterocycles. The number of rotatable bonds is 2. The molecule has 1 aromatic carbocycles. The van der Waals surface area contributed by atoms with Crippen molar-refractivity contribution in [1.29, 1.82) is 0 Å². The molecule has 0 saturated carbocycles. The van der Waals surface area contributed by atoms with Gasteiger partial charge in [0, 0.05) is 5.56 Å². The summed E-state index contributed by atoms with van der Waals surface area (Å²) in [6.07, 6.45) is 0. The van der Waals surface area contributed by atoms with E-state index in [0.717, 1.165) is 0 Å². The third-order valence-electron chi connectivity index (χ3n) is 2.18. The Morgan fingerprint density at radius 3 is 2.41 bits per heavy atom. The number of primary amides is 1. The highest BCUT2D eigenvalue weighted by atomic mass is 19.1. The number of amides is 1. The van der Waals surface area contributed by atoms with E-state index in [9.17, 15) is 9.18 Å². The van der Waals surface area contributed by atoms with Gasteiger partial charge in [0.1, 0.15) is 5.56 Å². The molecule has 0 aliphatic carbocycles. The zero-order valence-electron chi connectivity index (χ0n) is 8.72.